The SMILES string of the molecule is COc1ccccc1CC(C)(CN)N1CCCC1C. The van der Waals surface area contributed by atoms with E-state index in [2.05, 4.69) is 30.9 Å². The lowest BCUT2D eigenvalue weighted by Gasteiger charge is -2.41. The van der Waals surface area contributed by atoms with Crippen molar-refractivity contribution in [2.75, 3.05) is 20.2 Å². The fourth-order valence-electron chi connectivity index (χ4n) is 3.29. The standard InChI is InChI=1S/C16H26N2O/c1-13-7-6-10-18(13)16(2,12-17)11-14-8-4-5-9-15(14)19-3/h4-5,8-9,13H,6-7,10-12,17H2,1-3H3. The summed E-state index contributed by atoms with van der Waals surface area (Å²) in [5.41, 5.74) is 7.37. The highest BCUT2D eigenvalue weighted by atomic mass is 16.5. The van der Waals surface area contributed by atoms with Crippen LogP contribution in [0.2, 0.25) is 0 Å². The molecule has 2 atom stereocenters. The molecule has 0 aliphatic carbocycles. The second-order valence-corrected chi connectivity index (χ2v) is 5.87. The molecule has 0 amide bonds. The molecule has 0 aromatic heterocycles. The van der Waals surface area contributed by atoms with Gasteiger partial charge in [-0.3, -0.25) is 4.90 Å². The highest BCUT2D eigenvalue weighted by molar-refractivity contribution is 5.34. The van der Waals surface area contributed by atoms with Crippen LogP contribution in [0.1, 0.15) is 32.3 Å². The minimum Gasteiger partial charge on any atom is -0.496 e. The van der Waals surface area contributed by atoms with E-state index in [1.54, 1.807) is 7.11 Å². The maximum Gasteiger partial charge on any atom is 0.122 e. The van der Waals surface area contributed by atoms with Crippen molar-refractivity contribution in [1.82, 2.24) is 4.90 Å². The zero-order valence-corrected chi connectivity index (χ0v) is 12.4. The molecule has 1 saturated heterocycles. The summed E-state index contributed by atoms with van der Waals surface area (Å²) in [5.74, 6) is 0.967. The molecule has 0 radical (unpaired) electrons. The van der Waals surface area contributed by atoms with Gasteiger partial charge in [0, 0.05) is 18.1 Å². The van der Waals surface area contributed by atoms with E-state index in [9.17, 15) is 0 Å². The van der Waals surface area contributed by atoms with E-state index in [4.69, 9.17) is 10.5 Å². The first kappa shape index (κ1) is 14.4. The summed E-state index contributed by atoms with van der Waals surface area (Å²) in [6.45, 7) is 6.42. The van der Waals surface area contributed by atoms with Gasteiger partial charge in [0.15, 0.2) is 0 Å². The topological polar surface area (TPSA) is 38.5 Å². The molecular weight excluding hydrogens is 236 g/mol. The Balaban J connectivity index is 2.22. The predicted molar refractivity (Wildman–Crippen MR) is 79.6 cm³/mol. The smallest absolute Gasteiger partial charge is 0.122 e. The van der Waals surface area contributed by atoms with Gasteiger partial charge in [0.05, 0.1) is 7.11 Å². The molecule has 19 heavy (non-hydrogen) atoms. The van der Waals surface area contributed by atoms with Gasteiger partial charge >= 0.3 is 0 Å². The van der Waals surface area contributed by atoms with Crippen LogP contribution in [0.25, 0.3) is 0 Å². The molecule has 0 bridgehead atoms. The quantitative estimate of drug-likeness (QED) is 0.886. The van der Waals surface area contributed by atoms with Gasteiger partial charge in [-0.05, 0) is 51.3 Å². The van der Waals surface area contributed by atoms with Gasteiger partial charge in [-0.15, -0.1) is 0 Å². The molecular formula is C16H26N2O. The van der Waals surface area contributed by atoms with Gasteiger partial charge < -0.3 is 10.5 Å². The van der Waals surface area contributed by atoms with Crippen LogP contribution < -0.4 is 10.5 Å². The normalized spacial score (nSPS) is 23.3. The Bertz CT molecular complexity index is 421. The number of hydrogen-bond donors (Lipinski definition) is 1. The molecule has 3 nitrogen and oxygen atoms in total. The minimum atomic E-state index is 0.0184. The average molecular weight is 262 g/mol. The van der Waals surface area contributed by atoms with Crippen molar-refractivity contribution < 1.29 is 4.74 Å². The van der Waals surface area contributed by atoms with Gasteiger partial charge in [0.25, 0.3) is 0 Å². The molecule has 3 heteroatoms. The summed E-state index contributed by atoms with van der Waals surface area (Å²) in [5, 5.41) is 0. The lowest BCUT2D eigenvalue weighted by molar-refractivity contribution is 0.103. The Hall–Kier alpha value is -1.06. The summed E-state index contributed by atoms with van der Waals surface area (Å²) in [6.07, 6.45) is 3.50. The summed E-state index contributed by atoms with van der Waals surface area (Å²) >= 11 is 0. The third kappa shape index (κ3) is 2.93. The summed E-state index contributed by atoms with van der Waals surface area (Å²) in [7, 11) is 1.73. The van der Waals surface area contributed by atoms with E-state index in [1.807, 2.05) is 12.1 Å². The number of rotatable bonds is 5. The van der Waals surface area contributed by atoms with Crippen LogP contribution in [0.4, 0.5) is 0 Å². The molecule has 1 aliphatic rings. The monoisotopic (exact) mass is 262 g/mol. The van der Waals surface area contributed by atoms with Crippen molar-refractivity contribution in [1.29, 1.82) is 0 Å². The van der Waals surface area contributed by atoms with Crippen LogP contribution in [0, 0.1) is 0 Å². The summed E-state index contributed by atoms with van der Waals surface area (Å²) in [4.78, 5) is 2.57. The van der Waals surface area contributed by atoms with Crippen LogP contribution >= 0.6 is 0 Å². The first-order valence-corrected chi connectivity index (χ1v) is 7.19. The van der Waals surface area contributed by atoms with Gasteiger partial charge in [0.2, 0.25) is 0 Å². The fourth-order valence-corrected chi connectivity index (χ4v) is 3.29. The molecule has 1 aromatic carbocycles. The summed E-state index contributed by atoms with van der Waals surface area (Å²) in [6, 6.07) is 8.89. The molecule has 0 spiro atoms. The van der Waals surface area contributed by atoms with Crippen molar-refractivity contribution in [3.8, 4) is 5.75 Å². The zero-order chi connectivity index (χ0) is 13.9. The van der Waals surface area contributed by atoms with Crippen molar-refractivity contribution in [2.45, 2.75) is 44.7 Å². The molecule has 2 N–H and O–H groups in total. The largest absolute Gasteiger partial charge is 0.496 e. The first-order valence-electron chi connectivity index (χ1n) is 7.19. The number of ether oxygens (including phenoxy) is 1. The Morgan fingerprint density at radius 1 is 1.42 bits per heavy atom. The molecule has 2 rings (SSSR count). The van der Waals surface area contributed by atoms with E-state index in [0.717, 1.165) is 18.7 Å². The van der Waals surface area contributed by atoms with E-state index in [0.29, 0.717) is 12.6 Å². The third-order valence-corrected chi connectivity index (χ3v) is 4.45. The Morgan fingerprint density at radius 3 is 2.74 bits per heavy atom. The molecule has 1 fully saturated rings. The molecule has 0 saturated carbocycles. The van der Waals surface area contributed by atoms with Crippen molar-refractivity contribution in [2.24, 2.45) is 5.73 Å². The zero-order valence-electron chi connectivity index (χ0n) is 12.4. The molecule has 1 aliphatic heterocycles. The highest BCUT2D eigenvalue weighted by Gasteiger charge is 2.36. The van der Waals surface area contributed by atoms with E-state index >= 15 is 0 Å². The maximum atomic E-state index is 6.11. The van der Waals surface area contributed by atoms with Crippen LogP contribution in [0.5, 0.6) is 5.75 Å². The van der Waals surface area contributed by atoms with Crippen LogP contribution in [0.3, 0.4) is 0 Å². The maximum absolute atomic E-state index is 6.11. The lowest BCUT2D eigenvalue weighted by atomic mass is 9.90. The fraction of sp³-hybridized carbons (Fsp3) is 0.625. The second kappa shape index (κ2) is 5.93. The number of nitrogens with zero attached hydrogens (tertiary/aromatic N) is 1. The van der Waals surface area contributed by atoms with Crippen molar-refractivity contribution >= 4 is 0 Å². The highest BCUT2D eigenvalue weighted by Crippen LogP contribution is 2.31. The number of para-hydroxylation sites is 1. The lowest BCUT2D eigenvalue weighted by Crippen LogP contribution is -2.54. The number of hydrogen-bond acceptors (Lipinski definition) is 3. The predicted octanol–water partition coefficient (Wildman–Crippen LogP) is 2.44. The van der Waals surface area contributed by atoms with E-state index in [1.165, 1.54) is 18.4 Å². The van der Waals surface area contributed by atoms with Gasteiger partial charge in [0.1, 0.15) is 5.75 Å². The first-order chi connectivity index (χ1) is 9.10. The molecule has 2 unspecified atom stereocenters. The number of nitrogens with two attached hydrogens (primary N) is 1. The van der Waals surface area contributed by atoms with Crippen LogP contribution in [-0.4, -0.2) is 36.7 Å². The number of methoxy groups -OCH3 is 1. The number of benzene rings is 1. The third-order valence-electron chi connectivity index (χ3n) is 4.45. The molecule has 1 aromatic rings. The van der Waals surface area contributed by atoms with Gasteiger partial charge in [-0.2, -0.15) is 0 Å². The van der Waals surface area contributed by atoms with Gasteiger partial charge in [-0.1, -0.05) is 18.2 Å². The second-order valence-electron chi connectivity index (χ2n) is 5.87. The van der Waals surface area contributed by atoms with E-state index in [-0.39, 0.29) is 5.54 Å². The van der Waals surface area contributed by atoms with Crippen LogP contribution in [0.15, 0.2) is 24.3 Å². The summed E-state index contributed by atoms with van der Waals surface area (Å²) < 4.78 is 5.47. The Kier molecular flexibility index (Phi) is 4.48. The Morgan fingerprint density at radius 2 is 2.16 bits per heavy atom. The van der Waals surface area contributed by atoms with Crippen molar-refractivity contribution in [3.05, 3.63) is 29.8 Å². The van der Waals surface area contributed by atoms with Crippen molar-refractivity contribution in [3.63, 3.8) is 0 Å². The van der Waals surface area contributed by atoms with Crippen LogP contribution in [-0.2, 0) is 6.42 Å². The molecule has 106 valence electrons. The minimum absolute atomic E-state index is 0.0184. The van der Waals surface area contributed by atoms with Gasteiger partial charge in [-0.25, -0.2) is 0 Å². The number of likely N-dealkylation sites (tertiary alicyclic amines) is 1. The average Bonchev–Trinajstić information content (AvgIpc) is 2.86. The Labute approximate surface area is 116 Å². The van der Waals surface area contributed by atoms with E-state index < -0.39 is 0 Å². The molecule has 1 heterocycles.